The minimum atomic E-state index is 0. The van der Waals surface area contributed by atoms with Crippen LogP contribution < -0.4 is 16.0 Å². The fourth-order valence-electron chi connectivity index (χ4n) is 3.19. The number of nitrogens with one attached hydrogen (secondary N) is 3. The van der Waals surface area contributed by atoms with Crippen LogP contribution >= 0.6 is 23.7 Å². The molecule has 152 valence electrons. The molecule has 2 aromatic rings. The summed E-state index contributed by atoms with van der Waals surface area (Å²) in [5, 5.41) is 11.7. The van der Waals surface area contributed by atoms with Crippen LogP contribution in [0.4, 0.5) is 5.13 Å². The molecule has 3 N–H and O–H groups in total. The van der Waals surface area contributed by atoms with Gasteiger partial charge in [0.05, 0.1) is 5.69 Å². The van der Waals surface area contributed by atoms with Gasteiger partial charge in [-0.3, -0.25) is 9.59 Å². The maximum absolute atomic E-state index is 12.1. The first-order valence-electron chi connectivity index (χ1n) is 9.42. The monoisotopic (exact) mass is 422 g/mol. The van der Waals surface area contributed by atoms with Crippen molar-refractivity contribution in [2.75, 3.05) is 18.4 Å². The van der Waals surface area contributed by atoms with Gasteiger partial charge in [0.25, 0.3) is 0 Å². The third-order valence-electron chi connectivity index (χ3n) is 4.61. The van der Waals surface area contributed by atoms with Crippen molar-refractivity contribution in [3.05, 3.63) is 35.2 Å². The van der Waals surface area contributed by atoms with Crippen molar-refractivity contribution in [2.24, 2.45) is 0 Å². The number of nitrogens with zero attached hydrogens (tertiary/aromatic N) is 1. The van der Waals surface area contributed by atoms with Gasteiger partial charge in [-0.05, 0) is 37.8 Å². The second-order valence-corrected chi connectivity index (χ2v) is 7.73. The van der Waals surface area contributed by atoms with Crippen LogP contribution in [0.3, 0.4) is 0 Å². The number of hydrogen-bond acceptors (Lipinski definition) is 5. The molecule has 1 unspecified atom stereocenters. The van der Waals surface area contributed by atoms with Crippen LogP contribution in [-0.2, 0) is 16.0 Å². The first-order valence-corrected chi connectivity index (χ1v) is 10.3. The molecule has 1 fully saturated rings. The number of aryl methyl sites for hydroxylation is 1. The van der Waals surface area contributed by atoms with Crippen molar-refractivity contribution in [1.29, 1.82) is 0 Å². The quantitative estimate of drug-likeness (QED) is 0.569. The Labute approximate surface area is 175 Å². The van der Waals surface area contributed by atoms with E-state index in [2.05, 4.69) is 45.2 Å². The Hall–Kier alpha value is -1.96. The highest BCUT2D eigenvalue weighted by Crippen LogP contribution is 2.25. The summed E-state index contributed by atoms with van der Waals surface area (Å²) >= 11 is 1.45. The number of halogens is 1. The van der Waals surface area contributed by atoms with E-state index < -0.39 is 0 Å². The van der Waals surface area contributed by atoms with Crippen molar-refractivity contribution < 1.29 is 9.59 Å². The van der Waals surface area contributed by atoms with Gasteiger partial charge in [0, 0.05) is 36.9 Å². The Morgan fingerprint density at radius 2 is 2.07 bits per heavy atom. The lowest BCUT2D eigenvalue weighted by Gasteiger charge is -2.08. The summed E-state index contributed by atoms with van der Waals surface area (Å²) in [6.07, 6.45) is 4.55. The lowest BCUT2D eigenvalue weighted by molar-refractivity contribution is -0.119. The van der Waals surface area contributed by atoms with Crippen LogP contribution in [0.2, 0.25) is 0 Å². The second-order valence-electron chi connectivity index (χ2n) is 6.87. The predicted octanol–water partition coefficient (Wildman–Crippen LogP) is 3.38. The summed E-state index contributed by atoms with van der Waals surface area (Å²) in [6, 6.07) is 8.58. The zero-order chi connectivity index (χ0) is 19.1. The van der Waals surface area contributed by atoms with E-state index in [1.54, 1.807) is 0 Å². The van der Waals surface area contributed by atoms with Crippen molar-refractivity contribution in [1.82, 2.24) is 15.6 Å². The number of aromatic nitrogens is 1. The fraction of sp³-hybridized carbons (Fsp3) is 0.450. The summed E-state index contributed by atoms with van der Waals surface area (Å²) < 4.78 is 0. The summed E-state index contributed by atoms with van der Waals surface area (Å²) in [6.45, 7) is 3.23. The van der Waals surface area contributed by atoms with Crippen molar-refractivity contribution in [3.8, 4) is 11.3 Å². The molecule has 1 atom stereocenters. The number of anilines is 1. The summed E-state index contributed by atoms with van der Waals surface area (Å²) in [5.74, 6) is 0.0288. The molecule has 1 saturated heterocycles. The van der Waals surface area contributed by atoms with Crippen LogP contribution in [-0.4, -0.2) is 35.9 Å². The summed E-state index contributed by atoms with van der Waals surface area (Å²) in [4.78, 5) is 27.5. The number of benzene rings is 1. The highest BCUT2D eigenvalue weighted by atomic mass is 35.5. The fourth-order valence-corrected chi connectivity index (χ4v) is 3.92. The second kappa shape index (κ2) is 11.1. The molecule has 28 heavy (non-hydrogen) atoms. The van der Waals surface area contributed by atoms with E-state index in [-0.39, 0.29) is 24.2 Å². The van der Waals surface area contributed by atoms with E-state index in [4.69, 9.17) is 0 Å². The van der Waals surface area contributed by atoms with Crippen LogP contribution in [0.1, 0.15) is 38.2 Å². The Morgan fingerprint density at radius 1 is 1.29 bits per heavy atom. The highest BCUT2D eigenvalue weighted by molar-refractivity contribution is 7.14. The molecule has 8 heteroatoms. The molecule has 0 spiro atoms. The molecule has 1 aliphatic heterocycles. The number of carbonyl (C=O) groups is 2. The minimum Gasteiger partial charge on any atom is -0.356 e. The third-order valence-corrected chi connectivity index (χ3v) is 5.37. The molecule has 3 rings (SSSR count). The summed E-state index contributed by atoms with van der Waals surface area (Å²) in [7, 11) is 0. The van der Waals surface area contributed by atoms with E-state index in [0.29, 0.717) is 24.1 Å². The van der Waals surface area contributed by atoms with E-state index in [1.165, 1.54) is 23.8 Å². The normalized spacial score (nSPS) is 15.7. The lowest BCUT2D eigenvalue weighted by atomic mass is 10.1. The first-order chi connectivity index (χ1) is 13.1. The number of thiazole rings is 1. The van der Waals surface area contributed by atoms with Gasteiger partial charge in [0.15, 0.2) is 5.13 Å². The van der Waals surface area contributed by atoms with Crippen LogP contribution in [0, 0.1) is 0 Å². The van der Waals surface area contributed by atoms with Crippen molar-refractivity contribution in [3.63, 3.8) is 0 Å². The SMILES string of the molecule is CC(=O)NCCCc1ccc(-c2csc(NC(=O)CC3CCCN3)n2)cc1.Cl. The molecule has 2 heterocycles. The number of carbonyl (C=O) groups excluding carboxylic acids is 2. The van der Waals surface area contributed by atoms with Gasteiger partial charge >= 0.3 is 0 Å². The summed E-state index contributed by atoms with van der Waals surface area (Å²) in [5.41, 5.74) is 3.14. The van der Waals surface area contributed by atoms with Crippen molar-refractivity contribution in [2.45, 2.75) is 45.1 Å². The van der Waals surface area contributed by atoms with Gasteiger partial charge in [-0.1, -0.05) is 24.3 Å². The van der Waals surface area contributed by atoms with E-state index in [0.717, 1.165) is 43.5 Å². The molecule has 6 nitrogen and oxygen atoms in total. The van der Waals surface area contributed by atoms with Gasteiger partial charge in [0.1, 0.15) is 0 Å². The van der Waals surface area contributed by atoms with E-state index >= 15 is 0 Å². The Kier molecular flexibility index (Phi) is 8.89. The Balaban J connectivity index is 0.00000280. The van der Waals surface area contributed by atoms with Crippen LogP contribution in [0.25, 0.3) is 11.3 Å². The van der Waals surface area contributed by atoms with Crippen LogP contribution in [0.5, 0.6) is 0 Å². The smallest absolute Gasteiger partial charge is 0.227 e. The molecule has 1 aromatic heterocycles. The van der Waals surface area contributed by atoms with Crippen LogP contribution in [0.15, 0.2) is 29.6 Å². The first kappa shape index (κ1) is 22.3. The van der Waals surface area contributed by atoms with Crippen molar-refractivity contribution >= 4 is 40.7 Å². The van der Waals surface area contributed by atoms with E-state index in [9.17, 15) is 9.59 Å². The molecular weight excluding hydrogens is 396 g/mol. The number of hydrogen-bond donors (Lipinski definition) is 3. The molecule has 0 radical (unpaired) electrons. The largest absolute Gasteiger partial charge is 0.356 e. The molecule has 2 amide bonds. The van der Waals surface area contributed by atoms with Gasteiger partial charge in [0.2, 0.25) is 11.8 Å². The maximum atomic E-state index is 12.1. The molecule has 1 aromatic carbocycles. The maximum Gasteiger partial charge on any atom is 0.227 e. The predicted molar refractivity (Wildman–Crippen MR) is 116 cm³/mol. The van der Waals surface area contributed by atoms with E-state index in [1.807, 2.05) is 5.38 Å². The van der Waals surface area contributed by atoms with Gasteiger partial charge < -0.3 is 16.0 Å². The number of rotatable bonds is 8. The van der Waals surface area contributed by atoms with Gasteiger partial charge in [-0.25, -0.2) is 4.98 Å². The zero-order valence-corrected chi connectivity index (χ0v) is 17.6. The average molecular weight is 423 g/mol. The molecular formula is C20H27ClN4O2S. The zero-order valence-electron chi connectivity index (χ0n) is 16.0. The highest BCUT2D eigenvalue weighted by Gasteiger charge is 2.18. The number of amides is 2. The molecule has 0 aliphatic carbocycles. The molecule has 0 saturated carbocycles. The minimum absolute atomic E-state index is 0. The molecule has 1 aliphatic rings. The Bertz CT molecular complexity index is 773. The van der Waals surface area contributed by atoms with Gasteiger partial charge in [-0.2, -0.15) is 0 Å². The molecule has 0 bridgehead atoms. The Morgan fingerprint density at radius 3 is 2.75 bits per heavy atom. The third kappa shape index (κ3) is 6.89. The lowest BCUT2D eigenvalue weighted by Crippen LogP contribution is -2.27. The van der Waals surface area contributed by atoms with Gasteiger partial charge in [-0.15, -0.1) is 23.7 Å². The topological polar surface area (TPSA) is 83.1 Å². The average Bonchev–Trinajstić information content (AvgIpc) is 3.31. The standard InChI is InChI=1S/C20H26N4O2S.ClH/c1-14(25)21-10-2-4-15-6-8-16(9-7-15)18-13-27-20(23-18)24-19(26)12-17-5-3-11-22-17;/h6-9,13,17,22H,2-5,10-12H2,1H3,(H,21,25)(H,23,24,26);1H.